The lowest BCUT2D eigenvalue weighted by Gasteiger charge is -2.23. The lowest BCUT2D eigenvalue weighted by Crippen LogP contribution is -2.36. The third-order valence-corrected chi connectivity index (χ3v) is 3.49. The number of halogens is 1. The van der Waals surface area contributed by atoms with E-state index in [1.54, 1.807) is 0 Å². The minimum absolute atomic E-state index is 0.190. The molecule has 4 heteroatoms. The van der Waals surface area contributed by atoms with E-state index in [1.807, 2.05) is 0 Å². The van der Waals surface area contributed by atoms with Crippen molar-refractivity contribution in [3.63, 3.8) is 0 Å². The third kappa shape index (κ3) is 3.82. The second kappa shape index (κ2) is 7.06. The fraction of sp³-hybridized carbons (Fsp3) is 0.438. The molecule has 0 spiro atoms. The number of nitrogens with one attached hydrogen (secondary N) is 1. The first kappa shape index (κ1) is 14.5. The van der Waals surface area contributed by atoms with Crippen LogP contribution in [0.15, 0.2) is 18.2 Å². The molecule has 20 heavy (non-hydrogen) atoms. The predicted molar refractivity (Wildman–Crippen MR) is 76.7 cm³/mol. The van der Waals surface area contributed by atoms with E-state index in [1.165, 1.54) is 24.6 Å². The van der Waals surface area contributed by atoms with Crippen molar-refractivity contribution in [2.24, 2.45) is 5.73 Å². The topological polar surface area (TPSA) is 55.1 Å². The van der Waals surface area contributed by atoms with Crippen LogP contribution in [0.4, 0.5) is 4.39 Å². The quantitative estimate of drug-likeness (QED) is 0.812. The van der Waals surface area contributed by atoms with Crippen molar-refractivity contribution in [3.8, 4) is 11.8 Å². The molecular formula is C16H19FN2O. The first-order valence-corrected chi connectivity index (χ1v) is 7.00. The predicted octanol–water partition coefficient (Wildman–Crippen LogP) is 2.20. The number of benzene rings is 1. The highest BCUT2D eigenvalue weighted by atomic mass is 19.1. The summed E-state index contributed by atoms with van der Waals surface area (Å²) in [5.41, 5.74) is 6.14. The first-order chi connectivity index (χ1) is 9.70. The SMILES string of the molecule is NCC#Cc1ccc(F)cc1C(=O)NC1CCCCC1. The van der Waals surface area contributed by atoms with E-state index in [4.69, 9.17) is 5.73 Å². The highest BCUT2D eigenvalue weighted by molar-refractivity contribution is 5.97. The van der Waals surface area contributed by atoms with E-state index in [0.717, 1.165) is 25.7 Å². The molecule has 0 saturated heterocycles. The Morgan fingerprint density at radius 1 is 1.35 bits per heavy atom. The molecule has 1 aliphatic carbocycles. The molecule has 0 bridgehead atoms. The normalized spacial score (nSPS) is 15.3. The van der Waals surface area contributed by atoms with Gasteiger partial charge in [-0.05, 0) is 31.0 Å². The average molecular weight is 274 g/mol. The molecule has 106 valence electrons. The van der Waals surface area contributed by atoms with Gasteiger partial charge in [0.1, 0.15) is 5.82 Å². The molecular weight excluding hydrogens is 255 g/mol. The van der Waals surface area contributed by atoms with Crippen molar-refractivity contribution in [1.82, 2.24) is 5.32 Å². The number of carbonyl (C=O) groups is 1. The highest BCUT2D eigenvalue weighted by Gasteiger charge is 2.18. The summed E-state index contributed by atoms with van der Waals surface area (Å²) in [6, 6.07) is 4.25. The zero-order chi connectivity index (χ0) is 14.4. The zero-order valence-electron chi connectivity index (χ0n) is 11.4. The molecule has 2 rings (SSSR count). The van der Waals surface area contributed by atoms with Gasteiger partial charge in [0.15, 0.2) is 0 Å². The smallest absolute Gasteiger partial charge is 0.252 e. The summed E-state index contributed by atoms with van der Waals surface area (Å²) < 4.78 is 13.4. The Kier molecular flexibility index (Phi) is 5.14. The van der Waals surface area contributed by atoms with Crippen LogP contribution >= 0.6 is 0 Å². The molecule has 1 aromatic rings. The molecule has 0 heterocycles. The van der Waals surface area contributed by atoms with Gasteiger partial charge < -0.3 is 11.1 Å². The molecule has 0 unspecified atom stereocenters. The Morgan fingerprint density at radius 2 is 2.10 bits per heavy atom. The van der Waals surface area contributed by atoms with Crippen LogP contribution in [0.2, 0.25) is 0 Å². The minimum atomic E-state index is -0.433. The summed E-state index contributed by atoms with van der Waals surface area (Å²) in [6.45, 7) is 0.209. The van der Waals surface area contributed by atoms with Gasteiger partial charge in [-0.2, -0.15) is 0 Å². The lowest BCUT2D eigenvalue weighted by molar-refractivity contribution is 0.0927. The molecule has 1 aromatic carbocycles. The average Bonchev–Trinajstić information content (AvgIpc) is 2.47. The van der Waals surface area contributed by atoms with Crippen LogP contribution in [0.5, 0.6) is 0 Å². The Labute approximate surface area is 118 Å². The first-order valence-electron chi connectivity index (χ1n) is 7.00. The van der Waals surface area contributed by atoms with Crippen LogP contribution in [0.1, 0.15) is 48.0 Å². The van der Waals surface area contributed by atoms with Gasteiger partial charge in [-0.25, -0.2) is 4.39 Å². The van der Waals surface area contributed by atoms with Crippen LogP contribution in [-0.4, -0.2) is 18.5 Å². The lowest BCUT2D eigenvalue weighted by atomic mass is 9.95. The van der Waals surface area contributed by atoms with E-state index >= 15 is 0 Å². The van der Waals surface area contributed by atoms with Crippen molar-refractivity contribution in [1.29, 1.82) is 0 Å². The molecule has 1 aliphatic rings. The number of amides is 1. The van der Waals surface area contributed by atoms with Crippen LogP contribution in [0, 0.1) is 17.7 Å². The molecule has 0 aromatic heterocycles. The van der Waals surface area contributed by atoms with E-state index in [0.29, 0.717) is 5.56 Å². The number of hydrogen-bond donors (Lipinski definition) is 2. The molecule has 3 N–H and O–H groups in total. The summed E-state index contributed by atoms with van der Waals surface area (Å²) in [5.74, 6) is 4.83. The maximum absolute atomic E-state index is 13.4. The van der Waals surface area contributed by atoms with Gasteiger partial charge in [0.2, 0.25) is 0 Å². The molecule has 1 saturated carbocycles. The third-order valence-electron chi connectivity index (χ3n) is 3.49. The van der Waals surface area contributed by atoms with Crippen LogP contribution < -0.4 is 11.1 Å². The molecule has 0 aliphatic heterocycles. The van der Waals surface area contributed by atoms with E-state index in [-0.39, 0.29) is 24.1 Å². The summed E-state index contributed by atoms with van der Waals surface area (Å²) in [4.78, 5) is 12.3. The van der Waals surface area contributed by atoms with E-state index in [9.17, 15) is 9.18 Å². The van der Waals surface area contributed by atoms with Crippen molar-refractivity contribution in [2.75, 3.05) is 6.54 Å². The van der Waals surface area contributed by atoms with Gasteiger partial charge in [0.25, 0.3) is 5.91 Å². The van der Waals surface area contributed by atoms with Gasteiger partial charge in [0, 0.05) is 11.6 Å². The standard InChI is InChI=1S/C16H19FN2O/c17-13-9-8-12(5-4-10-18)15(11-13)16(20)19-14-6-2-1-3-7-14/h8-9,11,14H,1-3,6-7,10,18H2,(H,19,20). The number of nitrogens with two attached hydrogens (primary N) is 1. The summed E-state index contributed by atoms with van der Waals surface area (Å²) in [7, 11) is 0. The molecule has 1 amide bonds. The van der Waals surface area contributed by atoms with Crippen LogP contribution in [0.3, 0.4) is 0 Å². The summed E-state index contributed by atoms with van der Waals surface area (Å²) >= 11 is 0. The van der Waals surface area contributed by atoms with Gasteiger partial charge in [-0.15, -0.1) is 0 Å². The Hall–Kier alpha value is -1.86. The molecule has 0 atom stereocenters. The van der Waals surface area contributed by atoms with Gasteiger partial charge in [-0.3, -0.25) is 4.79 Å². The highest BCUT2D eigenvalue weighted by Crippen LogP contribution is 2.18. The maximum atomic E-state index is 13.4. The van der Waals surface area contributed by atoms with Crippen molar-refractivity contribution >= 4 is 5.91 Å². The summed E-state index contributed by atoms with van der Waals surface area (Å²) in [5, 5.41) is 2.97. The Bertz CT molecular complexity index is 539. The van der Waals surface area contributed by atoms with Crippen molar-refractivity contribution < 1.29 is 9.18 Å². The minimum Gasteiger partial charge on any atom is -0.349 e. The number of hydrogen-bond acceptors (Lipinski definition) is 2. The number of rotatable bonds is 2. The largest absolute Gasteiger partial charge is 0.349 e. The summed E-state index contributed by atoms with van der Waals surface area (Å²) in [6.07, 6.45) is 5.47. The second-order valence-electron chi connectivity index (χ2n) is 5.00. The maximum Gasteiger partial charge on any atom is 0.252 e. The van der Waals surface area contributed by atoms with Crippen molar-refractivity contribution in [3.05, 3.63) is 35.1 Å². The van der Waals surface area contributed by atoms with Crippen LogP contribution in [-0.2, 0) is 0 Å². The van der Waals surface area contributed by atoms with Crippen molar-refractivity contribution in [2.45, 2.75) is 38.1 Å². The van der Waals surface area contributed by atoms with Gasteiger partial charge >= 0.3 is 0 Å². The fourth-order valence-electron chi connectivity index (χ4n) is 2.47. The Balaban J connectivity index is 2.16. The van der Waals surface area contributed by atoms with E-state index < -0.39 is 5.82 Å². The van der Waals surface area contributed by atoms with E-state index in [2.05, 4.69) is 17.2 Å². The molecule has 1 fully saturated rings. The van der Waals surface area contributed by atoms with Gasteiger partial charge in [0.05, 0.1) is 12.1 Å². The van der Waals surface area contributed by atoms with Gasteiger partial charge in [-0.1, -0.05) is 31.1 Å². The molecule has 3 nitrogen and oxygen atoms in total. The molecule has 0 radical (unpaired) electrons. The number of carbonyl (C=O) groups excluding carboxylic acids is 1. The zero-order valence-corrected chi connectivity index (χ0v) is 11.4. The fourth-order valence-corrected chi connectivity index (χ4v) is 2.47. The van der Waals surface area contributed by atoms with Crippen LogP contribution in [0.25, 0.3) is 0 Å². The Morgan fingerprint density at radius 3 is 2.80 bits per heavy atom. The monoisotopic (exact) mass is 274 g/mol. The second-order valence-corrected chi connectivity index (χ2v) is 5.00.